The Bertz CT molecular complexity index is 726. The largest absolute Gasteiger partial charge is 0.325 e. The van der Waals surface area contributed by atoms with E-state index in [1.165, 1.54) is 38.5 Å². The predicted octanol–water partition coefficient (Wildman–Crippen LogP) is 2.45. The minimum absolute atomic E-state index is 0.0195. The molecule has 23 heavy (non-hydrogen) atoms. The van der Waals surface area contributed by atoms with Crippen molar-refractivity contribution < 1.29 is 4.79 Å². The summed E-state index contributed by atoms with van der Waals surface area (Å²) < 4.78 is 0. The monoisotopic (exact) mass is 316 g/mol. The molecule has 1 saturated carbocycles. The number of benzene rings is 1. The van der Waals surface area contributed by atoms with Crippen LogP contribution < -0.4 is 11.0 Å². The molecule has 0 aliphatic heterocycles. The fraction of sp³-hybridized carbons (Fsp3) is 0.529. The molecule has 0 bridgehead atoms. The molecular formula is C17H24N4O2. The minimum atomic E-state index is -0.239. The van der Waals surface area contributed by atoms with E-state index >= 15 is 0 Å². The van der Waals surface area contributed by atoms with Crippen molar-refractivity contribution >= 4 is 22.6 Å². The summed E-state index contributed by atoms with van der Waals surface area (Å²) in [5, 5.41) is 2.91. The highest BCUT2D eigenvalue weighted by Crippen LogP contribution is 2.21. The maximum absolute atomic E-state index is 12.3. The number of hydrogen-bond acceptors (Lipinski definition) is 3. The molecule has 1 heterocycles. The van der Waals surface area contributed by atoms with Crippen LogP contribution in [-0.2, 0) is 4.79 Å². The third kappa shape index (κ3) is 4.01. The van der Waals surface area contributed by atoms with Gasteiger partial charge in [0.15, 0.2) is 0 Å². The highest BCUT2D eigenvalue weighted by atomic mass is 16.2. The van der Waals surface area contributed by atoms with Crippen molar-refractivity contribution in [2.45, 2.75) is 44.6 Å². The molecule has 6 heteroatoms. The molecule has 3 N–H and O–H groups in total. The van der Waals surface area contributed by atoms with Gasteiger partial charge in [0.25, 0.3) is 0 Å². The lowest BCUT2D eigenvalue weighted by molar-refractivity contribution is -0.117. The van der Waals surface area contributed by atoms with Crippen molar-refractivity contribution in [2.24, 2.45) is 0 Å². The van der Waals surface area contributed by atoms with Crippen LogP contribution in [0.5, 0.6) is 0 Å². The lowest BCUT2D eigenvalue weighted by Gasteiger charge is -2.26. The predicted molar refractivity (Wildman–Crippen MR) is 91.7 cm³/mol. The quantitative estimate of drug-likeness (QED) is 0.758. The maximum atomic E-state index is 12.3. The van der Waals surface area contributed by atoms with Crippen LogP contribution in [0, 0.1) is 0 Å². The van der Waals surface area contributed by atoms with Crippen LogP contribution >= 0.6 is 0 Å². The van der Waals surface area contributed by atoms with Gasteiger partial charge in [-0.15, -0.1) is 0 Å². The van der Waals surface area contributed by atoms with E-state index < -0.39 is 0 Å². The number of imidazole rings is 1. The van der Waals surface area contributed by atoms with Gasteiger partial charge in [-0.2, -0.15) is 0 Å². The van der Waals surface area contributed by atoms with Gasteiger partial charge in [-0.3, -0.25) is 9.69 Å². The molecule has 1 aliphatic rings. The Kier molecular flexibility index (Phi) is 4.81. The number of H-pyrrole nitrogens is 2. The van der Waals surface area contributed by atoms with Gasteiger partial charge in [0.2, 0.25) is 5.91 Å². The molecule has 1 fully saturated rings. The first-order valence-electron chi connectivity index (χ1n) is 8.34. The number of nitrogens with zero attached hydrogens (tertiary/aromatic N) is 1. The normalized spacial score (nSPS) is 16.6. The number of aromatic nitrogens is 2. The highest BCUT2D eigenvalue weighted by molar-refractivity contribution is 5.94. The van der Waals surface area contributed by atoms with Crippen molar-refractivity contribution in [3.05, 3.63) is 28.7 Å². The SMILES string of the molecule is CN(CC(=O)Nc1ccc2[nH]c(=O)[nH]c2c1)C1CCCCCC1. The number of aromatic amines is 2. The third-order valence-electron chi connectivity index (χ3n) is 4.64. The summed E-state index contributed by atoms with van der Waals surface area (Å²) in [6.45, 7) is 0.395. The average molecular weight is 316 g/mol. The number of nitrogens with one attached hydrogen (secondary N) is 3. The van der Waals surface area contributed by atoms with E-state index in [0.29, 0.717) is 23.8 Å². The van der Waals surface area contributed by atoms with Crippen molar-refractivity contribution in [3.63, 3.8) is 0 Å². The Morgan fingerprint density at radius 1 is 1.17 bits per heavy atom. The summed E-state index contributed by atoms with van der Waals surface area (Å²) in [5.41, 5.74) is 1.90. The number of anilines is 1. The molecule has 0 unspecified atom stereocenters. The zero-order valence-corrected chi connectivity index (χ0v) is 13.5. The van der Waals surface area contributed by atoms with E-state index in [1.54, 1.807) is 18.2 Å². The number of hydrogen-bond donors (Lipinski definition) is 3. The Balaban J connectivity index is 1.59. The second-order valence-electron chi connectivity index (χ2n) is 6.45. The van der Waals surface area contributed by atoms with Gasteiger partial charge in [0.1, 0.15) is 0 Å². The third-order valence-corrected chi connectivity index (χ3v) is 4.64. The van der Waals surface area contributed by atoms with Crippen molar-refractivity contribution in [1.29, 1.82) is 0 Å². The number of carbonyl (C=O) groups excluding carboxylic acids is 1. The molecule has 1 aromatic carbocycles. The van der Waals surface area contributed by atoms with Crippen LogP contribution in [0.3, 0.4) is 0 Å². The van der Waals surface area contributed by atoms with E-state index in [2.05, 4.69) is 20.2 Å². The fourth-order valence-corrected chi connectivity index (χ4v) is 3.37. The van der Waals surface area contributed by atoms with Gasteiger partial charge >= 0.3 is 5.69 Å². The fourth-order valence-electron chi connectivity index (χ4n) is 3.37. The molecule has 0 radical (unpaired) electrons. The standard InChI is InChI=1S/C17H24N4O2/c1-21(13-6-4-2-3-5-7-13)11-16(22)18-12-8-9-14-15(10-12)20-17(23)19-14/h8-10,13H,2-7,11H2,1H3,(H,18,22)(H2,19,20,23). The zero-order valence-electron chi connectivity index (χ0n) is 13.5. The Labute approximate surface area is 135 Å². The highest BCUT2D eigenvalue weighted by Gasteiger charge is 2.19. The number of likely N-dealkylation sites (N-methyl/N-ethyl adjacent to an activating group) is 1. The molecule has 1 aromatic heterocycles. The van der Waals surface area contributed by atoms with E-state index in [4.69, 9.17) is 0 Å². The zero-order chi connectivity index (χ0) is 16.2. The van der Waals surface area contributed by atoms with Crippen LogP contribution in [0.25, 0.3) is 11.0 Å². The molecule has 1 amide bonds. The second-order valence-corrected chi connectivity index (χ2v) is 6.45. The van der Waals surface area contributed by atoms with Gasteiger partial charge in [0.05, 0.1) is 17.6 Å². The Morgan fingerprint density at radius 3 is 2.61 bits per heavy atom. The Hall–Kier alpha value is -2.08. The van der Waals surface area contributed by atoms with Crippen molar-refractivity contribution in [3.8, 4) is 0 Å². The van der Waals surface area contributed by atoms with Crippen LogP contribution in [0.15, 0.2) is 23.0 Å². The van der Waals surface area contributed by atoms with Gasteiger partial charge < -0.3 is 15.3 Å². The first-order chi connectivity index (χ1) is 11.1. The number of fused-ring (bicyclic) bond motifs is 1. The van der Waals surface area contributed by atoms with Crippen molar-refractivity contribution in [2.75, 3.05) is 18.9 Å². The topological polar surface area (TPSA) is 81.0 Å². The molecule has 1 aliphatic carbocycles. The second kappa shape index (κ2) is 7.00. The maximum Gasteiger partial charge on any atom is 0.323 e. The molecule has 2 aromatic rings. The van der Waals surface area contributed by atoms with Gasteiger partial charge in [-0.1, -0.05) is 25.7 Å². The summed E-state index contributed by atoms with van der Waals surface area (Å²) in [6, 6.07) is 5.87. The first-order valence-corrected chi connectivity index (χ1v) is 8.34. The molecule has 3 rings (SSSR count). The lowest BCUT2D eigenvalue weighted by Crippen LogP contribution is -2.37. The summed E-state index contributed by atoms with van der Waals surface area (Å²) in [6.07, 6.45) is 7.50. The van der Waals surface area contributed by atoms with E-state index in [9.17, 15) is 9.59 Å². The molecule has 0 spiro atoms. The summed E-state index contributed by atoms with van der Waals surface area (Å²) in [4.78, 5) is 31.1. The van der Waals surface area contributed by atoms with Crippen molar-refractivity contribution in [1.82, 2.24) is 14.9 Å². The van der Waals surface area contributed by atoms with E-state index in [1.807, 2.05) is 7.05 Å². The van der Waals surface area contributed by atoms with Gasteiger partial charge in [-0.05, 0) is 38.1 Å². The number of amides is 1. The smallest absolute Gasteiger partial charge is 0.323 e. The summed E-state index contributed by atoms with van der Waals surface area (Å²) >= 11 is 0. The Morgan fingerprint density at radius 2 is 1.87 bits per heavy atom. The van der Waals surface area contributed by atoms with E-state index in [-0.39, 0.29) is 11.6 Å². The minimum Gasteiger partial charge on any atom is -0.325 e. The molecule has 0 saturated heterocycles. The molecule has 6 nitrogen and oxygen atoms in total. The van der Waals surface area contributed by atoms with Gasteiger partial charge in [-0.25, -0.2) is 4.79 Å². The summed E-state index contributed by atoms with van der Waals surface area (Å²) in [7, 11) is 2.03. The summed E-state index contributed by atoms with van der Waals surface area (Å²) in [5.74, 6) is -0.0195. The van der Waals surface area contributed by atoms with Crippen LogP contribution in [-0.4, -0.2) is 40.4 Å². The lowest BCUT2D eigenvalue weighted by atomic mass is 10.1. The van der Waals surface area contributed by atoms with Gasteiger partial charge in [0, 0.05) is 11.7 Å². The first kappa shape index (κ1) is 15.8. The number of carbonyl (C=O) groups is 1. The van der Waals surface area contributed by atoms with Crippen LogP contribution in [0.4, 0.5) is 5.69 Å². The molecule has 124 valence electrons. The van der Waals surface area contributed by atoms with E-state index in [0.717, 1.165) is 5.52 Å². The number of rotatable bonds is 4. The van der Waals surface area contributed by atoms with Crippen LogP contribution in [0.2, 0.25) is 0 Å². The molecule has 0 atom stereocenters. The van der Waals surface area contributed by atoms with Crippen LogP contribution in [0.1, 0.15) is 38.5 Å². The average Bonchev–Trinajstić information content (AvgIpc) is 2.72. The molecular weight excluding hydrogens is 292 g/mol.